The van der Waals surface area contributed by atoms with Gasteiger partial charge in [-0.1, -0.05) is 41.5 Å². The number of hydrogen-bond donors (Lipinski definition) is 1. The molecule has 0 aliphatic heterocycles. The van der Waals surface area contributed by atoms with Crippen molar-refractivity contribution in [2.75, 3.05) is 0 Å². The van der Waals surface area contributed by atoms with Gasteiger partial charge in [0.1, 0.15) is 5.65 Å². The van der Waals surface area contributed by atoms with Gasteiger partial charge in [0.15, 0.2) is 0 Å². The fourth-order valence-corrected chi connectivity index (χ4v) is 12.7. The minimum Gasteiger partial charge on any atom is -0.345 e. The highest BCUT2D eigenvalue weighted by molar-refractivity contribution is 14.1. The Morgan fingerprint density at radius 1 is 1.05 bits per heavy atom. The van der Waals surface area contributed by atoms with E-state index in [9.17, 15) is 0 Å². The zero-order chi connectivity index (χ0) is 15.9. The largest absolute Gasteiger partial charge is 0.345 e. The van der Waals surface area contributed by atoms with E-state index in [0.29, 0.717) is 16.6 Å². The van der Waals surface area contributed by atoms with E-state index in [1.807, 2.05) is 0 Å². The molecule has 2 aromatic heterocycles. The first-order chi connectivity index (χ1) is 9.74. The van der Waals surface area contributed by atoms with Crippen molar-refractivity contribution in [2.45, 2.75) is 65.1 Å². The SMILES string of the molecule is Cc1cnc2[nH]cc(I)c2c1[Si](C(C)C)(C(C)C)C(C)C. The second-order valence-electron chi connectivity index (χ2n) is 7.07. The molecule has 0 amide bonds. The van der Waals surface area contributed by atoms with Crippen molar-refractivity contribution in [1.29, 1.82) is 0 Å². The monoisotopic (exact) mass is 414 g/mol. The van der Waals surface area contributed by atoms with Crippen LogP contribution in [0.4, 0.5) is 0 Å². The van der Waals surface area contributed by atoms with Gasteiger partial charge in [0, 0.05) is 21.4 Å². The third kappa shape index (κ3) is 2.48. The second kappa shape index (κ2) is 6.03. The first-order valence-corrected chi connectivity index (χ1v) is 11.2. The molecule has 0 saturated carbocycles. The van der Waals surface area contributed by atoms with Gasteiger partial charge in [-0.05, 0) is 56.9 Å². The maximum atomic E-state index is 4.62. The number of pyridine rings is 1. The van der Waals surface area contributed by atoms with Gasteiger partial charge in [-0.3, -0.25) is 0 Å². The summed E-state index contributed by atoms with van der Waals surface area (Å²) in [5.74, 6) is 0. The zero-order valence-corrected chi connectivity index (χ0v) is 17.4. The molecule has 2 heterocycles. The lowest BCUT2D eigenvalue weighted by molar-refractivity contribution is 0.835. The van der Waals surface area contributed by atoms with Crippen LogP contribution in [-0.4, -0.2) is 18.0 Å². The highest BCUT2D eigenvalue weighted by Crippen LogP contribution is 2.43. The van der Waals surface area contributed by atoms with Crippen LogP contribution in [0.3, 0.4) is 0 Å². The molecule has 0 radical (unpaired) electrons. The summed E-state index contributed by atoms with van der Waals surface area (Å²) < 4.78 is 1.31. The van der Waals surface area contributed by atoms with Crippen LogP contribution in [0, 0.1) is 10.5 Å². The van der Waals surface area contributed by atoms with E-state index in [2.05, 4.69) is 93.4 Å². The van der Waals surface area contributed by atoms with Crippen molar-refractivity contribution < 1.29 is 0 Å². The van der Waals surface area contributed by atoms with Gasteiger partial charge in [0.25, 0.3) is 0 Å². The Labute approximate surface area is 143 Å². The maximum Gasteiger partial charge on any atom is 0.138 e. The quantitative estimate of drug-likeness (QED) is 0.530. The van der Waals surface area contributed by atoms with E-state index in [-0.39, 0.29) is 0 Å². The van der Waals surface area contributed by atoms with Gasteiger partial charge < -0.3 is 4.98 Å². The Bertz CT molecular complexity index is 622. The van der Waals surface area contributed by atoms with E-state index in [1.54, 1.807) is 5.19 Å². The summed E-state index contributed by atoms with van der Waals surface area (Å²) >= 11 is 2.46. The lowest BCUT2D eigenvalue weighted by atomic mass is 10.2. The molecule has 0 fully saturated rings. The number of H-pyrrole nitrogens is 1. The summed E-state index contributed by atoms with van der Waals surface area (Å²) in [5, 5.41) is 3.02. The third-order valence-electron chi connectivity index (χ3n) is 5.14. The second-order valence-corrected chi connectivity index (χ2v) is 14.1. The molecule has 0 aliphatic rings. The summed E-state index contributed by atoms with van der Waals surface area (Å²) in [6.07, 6.45) is 4.17. The van der Waals surface area contributed by atoms with E-state index >= 15 is 0 Å². The minimum atomic E-state index is -1.67. The predicted molar refractivity (Wildman–Crippen MR) is 104 cm³/mol. The van der Waals surface area contributed by atoms with Crippen LogP contribution in [0.25, 0.3) is 11.0 Å². The smallest absolute Gasteiger partial charge is 0.138 e. The average molecular weight is 414 g/mol. The topological polar surface area (TPSA) is 28.7 Å². The van der Waals surface area contributed by atoms with Crippen LogP contribution >= 0.6 is 22.6 Å². The molecule has 0 bridgehead atoms. The maximum absolute atomic E-state index is 4.62. The zero-order valence-electron chi connectivity index (χ0n) is 14.2. The van der Waals surface area contributed by atoms with Crippen LogP contribution < -0.4 is 5.19 Å². The minimum absolute atomic E-state index is 0.715. The summed E-state index contributed by atoms with van der Waals surface area (Å²) in [4.78, 5) is 7.96. The predicted octanol–water partition coefficient (Wildman–Crippen LogP) is 5.36. The molecule has 0 atom stereocenters. The van der Waals surface area contributed by atoms with Crippen molar-refractivity contribution >= 4 is 46.9 Å². The first kappa shape index (κ1) is 17.0. The van der Waals surface area contributed by atoms with Crippen molar-refractivity contribution in [1.82, 2.24) is 9.97 Å². The Morgan fingerprint density at radius 2 is 1.57 bits per heavy atom. The van der Waals surface area contributed by atoms with E-state index in [1.165, 1.54) is 14.5 Å². The number of aryl methyl sites for hydroxylation is 1. The average Bonchev–Trinajstić information content (AvgIpc) is 2.73. The Balaban J connectivity index is 2.95. The standard InChI is InChI=1S/C17H27IN2Si/c1-10(2)21(11(3)4,12(5)6)16-13(7)8-19-17-15(16)14(18)9-20-17/h8-12H,1-7H3,(H,19,20). The number of aromatic amines is 1. The highest BCUT2D eigenvalue weighted by Gasteiger charge is 2.46. The van der Waals surface area contributed by atoms with Gasteiger partial charge in [0.05, 0.1) is 8.07 Å². The Hall–Kier alpha value is -0.363. The van der Waals surface area contributed by atoms with Crippen LogP contribution in [0.2, 0.25) is 16.6 Å². The van der Waals surface area contributed by atoms with Crippen molar-refractivity contribution in [3.05, 3.63) is 21.5 Å². The molecule has 0 aliphatic carbocycles. The van der Waals surface area contributed by atoms with Crippen LogP contribution in [0.5, 0.6) is 0 Å². The number of nitrogens with one attached hydrogen (secondary N) is 1. The molecule has 0 spiro atoms. The third-order valence-corrected chi connectivity index (χ3v) is 13.2. The molecule has 0 unspecified atom stereocenters. The first-order valence-electron chi connectivity index (χ1n) is 7.87. The van der Waals surface area contributed by atoms with Gasteiger partial charge >= 0.3 is 0 Å². The van der Waals surface area contributed by atoms with E-state index in [4.69, 9.17) is 0 Å². The molecule has 4 heteroatoms. The van der Waals surface area contributed by atoms with Crippen molar-refractivity contribution in [3.8, 4) is 0 Å². The molecular formula is C17H27IN2Si. The molecule has 0 saturated heterocycles. The lowest BCUT2D eigenvalue weighted by Gasteiger charge is -2.44. The van der Waals surface area contributed by atoms with Crippen molar-refractivity contribution in [3.63, 3.8) is 0 Å². The van der Waals surface area contributed by atoms with Gasteiger partial charge in [-0.2, -0.15) is 0 Å². The normalized spacial score (nSPS) is 13.1. The Morgan fingerprint density at radius 3 is 2.05 bits per heavy atom. The molecule has 2 rings (SSSR count). The van der Waals surface area contributed by atoms with Crippen LogP contribution in [0.15, 0.2) is 12.4 Å². The molecule has 21 heavy (non-hydrogen) atoms. The van der Waals surface area contributed by atoms with Crippen LogP contribution in [0.1, 0.15) is 47.1 Å². The molecule has 2 aromatic rings. The fourth-order valence-electron chi connectivity index (χ4n) is 4.58. The number of rotatable bonds is 4. The summed E-state index contributed by atoms with van der Waals surface area (Å²) in [7, 11) is -1.67. The summed E-state index contributed by atoms with van der Waals surface area (Å²) in [6, 6.07) is 0. The highest BCUT2D eigenvalue weighted by atomic mass is 127. The van der Waals surface area contributed by atoms with Gasteiger partial charge in [-0.15, -0.1) is 0 Å². The molecule has 0 aromatic carbocycles. The fraction of sp³-hybridized carbons (Fsp3) is 0.588. The molecule has 116 valence electrons. The van der Waals surface area contributed by atoms with Crippen LogP contribution in [-0.2, 0) is 0 Å². The lowest BCUT2D eigenvalue weighted by Crippen LogP contribution is -2.57. The van der Waals surface area contributed by atoms with E-state index in [0.717, 1.165) is 5.65 Å². The number of fused-ring (bicyclic) bond motifs is 1. The molecule has 2 nitrogen and oxygen atoms in total. The molecular weight excluding hydrogens is 387 g/mol. The van der Waals surface area contributed by atoms with Gasteiger partial charge in [-0.25, -0.2) is 4.98 Å². The Kier molecular flexibility index (Phi) is 4.88. The van der Waals surface area contributed by atoms with E-state index < -0.39 is 8.07 Å². The molecule has 1 N–H and O–H groups in total. The van der Waals surface area contributed by atoms with Crippen molar-refractivity contribution in [2.24, 2.45) is 0 Å². The summed E-state index contributed by atoms with van der Waals surface area (Å²) in [5.41, 5.74) is 4.58. The summed E-state index contributed by atoms with van der Waals surface area (Å²) in [6.45, 7) is 16.8. The number of hydrogen-bond acceptors (Lipinski definition) is 1. The number of aromatic nitrogens is 2. The number of nitrogens with zero attached hydrogens (tertiary/aromatic N) is 1. The van der Waals surface area contributed by atoms with Gasteiger partial charge in [0.2, 0.25) is 0 Å². The number of halogens is 1.